The van der Waals surface area contributed by atoms with E-state index in [9.17, 15) is 5.26 Å². The first kappa shape index (κ1) is 15.6. The first-order chi connectivity index (χ1) is 11.6. The molecule has 0 aliphatic rings. The molecule has 6 heteroatoms. The van der Waals surface area contributed by atoms with Gasteiger partial charge in [-0.05, 0) is 50.2 Å². The summed E-state index contributed by atoms with van der Waals surface area (Å²) in [6.07, 6.45) is 0. The van der Waals surface area contributed by atoms with E-state index in [1.807, 2.05) is 44.2 Å². The standard InChI is InChI=1S/C18H16N4O2/c1-11-12(2)24-18(15(11)10-19)20-17-9-8-16(21-22-17)13-4-6-14(23-3)7-5-13/h4-9H,1-3H3,(H,20,22). The highest BCUT2D eigenvalue weighted by Gasteiger charge is 2.15. The predicted octanol–water partition coefficient (Wildman–Crippen LogP) is 3.98. The lowest BCUT2D eigenvalue weighted by molar-refractivity contribution is 0.415. The Balaban J connectivity index is 1.82. The van der Waals surface area contributed by atoms with Gasteiger partial charge < -0.3 is 14.5 Å². The third-order valence-corrected chi connectivity index (χ3v) is 3.79. The number of nitriles is 1. The number of aromatic nitrogens is 2. The van der Waals surface area contributed by atoms with Crippen LogP contribution in [0.1, 0.15) is 16.9 Å². The minimum absolute atomic E-state index is 0.388. The molecule has 2 aromatic heterocycles. The quantitative estimate of drug-likeness (QED) is 0.783. The second-order valence-electron chi connectivity index (χ2n) is 5.26. The van der Waals surface area contributed by atoms with Crippen LogP contribution in [0.5, 0.6) is 5.75 Å². The van der Waals surface area contributed by atoms with E-state index in [4.69, 9.17) is 9.15 Å². The number of methoxy groups -OCH3 is 1. The number of ether oxygens (including phenoxy) is 1. The number of hydrogen-bond donors (Lipinski definition) is 1. The van der Waals surface area contributed by atoms with Crippen molar-refractivity contribution in [1.82, 2.24) is 10.2 Å². The second kappa shape index (κ2) is 6.42. The summed E-state index contributed by atoms with van der Waals surface area (Å²) >= 11 is 0. The number of rotatable bonds is 4. The minimum atomic E-state index is 0.388. The summed E-state index contributed by atoms with van der Waals surface area (Å²) in [6.45, 7) is 3.67. The number of aryl methyl sites for hydroxylation is 1. The molecule has 0 saturated carbocycles. The fraction of sp³-hybridized carbons (Fsp3) is 0.167. The average Bonchev–Trinajstić information content (AvgIpc) is 2.89. The van der Waals surface area contributed by atoms with E-state index in [0.29, 0.717) is 23.0 Å². The molecule has 24 heavy (non-hydrogen) atoms. The first-order valence-electron chi connectivity index (χ1n) is 7.37. The Hall–Kier alpha value is -3.33. The molecular formula is C18H16N4O2. The lowest BCUT2D eigenvalue weighted by Gasteiger charge is -2.05. The van der Waals surface area contributed by atoms with Gasteiger partial charge in [0.15, 0.2) is 5.82 Å². The van der Waals surface area contributed by atoms with Crippen LogP contribution in [0.15, 0.2) is 40.8 Å². The van der Waals surface area contributed by atoms with Crippen LogP contribution in [0, 0.1) is 25.2 Å². The average molecular weight is 320 g/mol. The van der Waals surface area contributed by atoms with Gasteiger partial charge in [0.1, 0.15) is 23.1 Å². The molecule has 0 amide bonds. The molecule has 3 aromatic rings. The molecule has 3 rings (SSSR count). The van der Waals surface area contributed by atoms with Crippen LogP contribution in [0.4, 0.5) is 11.7 Å². The molecule has 0 atom stereocenters. The Labute approximate surface area is 139 Å². The zero-order valence-corrected chi connectivity index (χ0v) is 13.6. The van der Waals surface area contributed by atoms with Gasteiger partial charge in [-0.25, -0.2) is 0 Å². The van der Waals surface area contributed by atoms with Crippen molar-refractivity contribution < 1.29 is 9.15 Å². The van der Waals surface area contributed by atoms with Gasteiger partial charge in [0.25, 0.3) is 0 Å². The van der Waals surface area contributed by atoms with Gasteiger partial charge in [-0.3, -0.25) is 0 Å². The van der Waals surface area contributed by atoms with Crippen LogP contribution < -0.4 is 10.1 Å². The van der Waals surface area contributed by atoms with Gasteiger partial charge in [0.05, 0.1) is 12.8 Å². The van der Waals surface area contributed by atoms with Gasteiger partial charge in [0.2, 0.25) is 5.88 Å². The highest BCUT2D eigenvalue weighted by molar-refractivity contribution is 5.64. The van der Waals surface area contributed by atoms with Gasteiger partial charge in [-0.2, -0.15) is 5.26 Å². The fourth-order valence-corrected chi connectivity index (χ4v) is 2.28. The normalized spacial score (nSPS) is 10.2. The summed E-state index contributed by atoms with van der Waals surface area (Å²) in [7, 11) is 1.63. The molecule has 0 bridgehead atoms. The van der Waals surface area contributed by atoms with Crippen LogP contribution >= 0.6 is 0 Å². The van der Waals surface area contributed by atoms with Crippen molar-refractivity contribution in [2.45, 2.75) is 13.8 Å². The van der Waals surface area contributed by atoms with E-state index in [1.54, 1.807) is 13.2 Å². The lowest BCUT2D eigenvalue weighted by atomic mass is 10.1. The van der Waals surface area contributed by atoms with Gasteiger partial charge in [0, 0.05) is 11.1 Å². The number of benzene rings is 1. The third-order valence-electron chi connectivity index (χ3n) is 3.79. The summed E-state index contributed by atoms with van der Waals surface area (Å²) in [5.74, 6) is 2.39. The van der Waals surface area contributed by atoms with Crippen LogP contribution in [0.2, 0.25) is 0 Å². The highest BCUT2D eigenvalue weighted by atomic mass is 16.5. The first-order valence-corrected chi connectivity index (χ1v) is 7.37. The van der Waals surface area contributed by atoms with E-state index >= 15 is 0 Å². The molecule has 1 N–H and O–H groups in total. The van der Waals surface area contributed by atoms with E-state index in [1.165, 1.54) is 0 Å². The van der Waals surface area contributed by atoms with Crippen molar-refractivity contribution in [3.63, 3.8) is 0 Å². The Morgan fingerprint density at radius 1 is 1.08 bits per heavy atom. The predicted molar refractivity (Wildman–Crippen MR) is 90.2 cm³/mol. The molecule has 0 aliphatic carbocycles. The number of nitrogens with one attached hydrogen (secondary N) is 1. The van der Waals surface area contributed by atoms with E-state index in [2.05, 4.69) is 21.6 Å². The van der Waals surface area contributed by atoms with Crippen molar-refractivity contribution in [2.75, 3.05) is 12.4 Å². The van der Waals surface area contributed by atoms with Crippen LogP contribution in [0.3, 0.4) is 0 Å². The monoisotopic (exact) mass is 320 g/mol. The fourth-order valence-electron chi connectivity index (χ4n) is 2.28. The summed E-state index contributed by atoms with van der Waals surface area (Å²) in [5.41, 5.74) is 2.99. The van der Waals surface area contributed by atoms with Crippen LogP contribution in [-0.4, -0.2) is 17.3 Å². The molecule has 2 heterocycles. The maximum Gasteiger partial charge on any atom is 0.216 e. The molecule has 0 saturated heterocycles. The molecule has 0 spiro atoms. The summed E-state index contributed by atoms with van der Waals surface area (Å²) in [6, 6.07) is 13.4. The second-order valence-corrected chi connectivity index (χ2v) is 5.26. The Morgan fingerprint density at radius 3 is 2.42 bits per heavy atom. The molecule has 120 valence electrons. The highest BCUT2D eigenvalue weighted by Crippen LogP contribution is 2.28. The van der Waals surface area contributed by atoms with Crippen LogP contribution in [0.25, 0.3) is 11.3 Å². The zero-order chi connectivity index (χ0) is 17.1. The summed E-state index contributed by atoms with van der Waals surface area (Å²) in [5, 5.41) is 20.6. The number of anilines is 2. The molecule has 0 fully saturated rings. The smallest absolute Gasteiger partial charge is 0.216 e. The zero-order valence-electron chi connectivity index (χ0n) is 13.6. The molecular weight excluding hydrogens is 304 g/mol. The largest absolute Gasteiger partial charge is 0.497 e. The van der Waals surface area contributed by atoms with Crippen molar-refractivity contribution in [1.29, 1.82) is 5.26 Å². The maximum absolute atomic E-state index is 9.23. The van der Waals surface area contributed by atoms with Crippen molar-refractivity contribution in [3.8, 4) is 23.1 Å². The van der Waals surface area contributed by atoms with E-state index < -0.39 is 0 Å². The van der Waals surface area contributed by atoms with Crippen molar-refractivity contribution in [3.05, 3.63) is 53.3 Å². The molecule has 6 nitrogen and oxygen atoms in total. The molecule has 0 unspecified atom stereocenters. The Bertz CT molecular complexity index is 891. The Kier molecular flexibility index (Phi) is 4.17. The number of furan rings is 1. The van der Waals surface area contributed by atoms with Gasteiger partial charge >= 0.3 is 0 Å². The summed E-state index contributed by atoms with van der Waals surface area (Å²) in [4.78, 5) is 0. The summed E-state index contributed by atoms with van der Waals surface area (Å²) < 4.78 is 10.7. The maximum atomic E-state index is 9.23. The lowest BCUT2D eigenvalue weighted by Crippen LogP contribution is -1.97. The third kappa shape index (κ3) is 2.92. The van der Waals surface area contributed by atoms with Crippen LogP contribution in [-0.2, 0) is 0 Å². The topological polar surface area (TPSA) is 84.0 Å². The minimum Gasteiger partial charge on any atom is -0.497 e. The van der Waals surface area contributed by atoms with Gasteiger partial charge in [-0.15, -0.1) is 10.2 Å². The molecule has 1 aromatic carbocycles. The SMILES string of the molecule is COc1ccc(-c2ccc(Nc3oc(C)c(C)c3C#N)nn2)cc1. The van der Waals surface area contributed by atoms with E-state index in [-0.39, 0.29) is 0 Å². The molecule has 0 aliphatic heterocycles. The van der Waals surface area contributed by atoms with Crippen molar-refractivity contribution in [2.24, 2.45) is 0 Å². The van der Waals surface area contributed by atoms with E-state index in [0.717, 1.165) is 22.6 Å². The van der Waals surface area contributed by atoms with Gasteiger partial charge in [-0.1, -0.05) is 0 Å². The van der Waals surface area contributed by atoms with Crippen molar-refractivity contribution >= 4 is 11.7 Å². The molecule has 0 radical (unpaired) electrons. The number of nitrogens with zero attached hydrogens (tertiary/aromatic N) is 3. The number of hydrogen-bond acceptors (Lipinski definition) is 6. The Morgan fingerprint density at radius 2 is 1.83 bits per heavy atom.